The van der Waals surface area contributed by atoms with Gasteiger partial charge in [-0.2, -0.15) is 0 Å². The number of nitrogens with zero attached hydrogens (tertiary/aromatic N) is 1. The van der Waals surface area contributed by atoms with Crippen molar-refractivity contribution >= 4 is 0 Å². The summed E-state index contributed by atoms with van der Waals surface area (Å²) in [5, 5.41) is 0. The molecule has 0 spiro atoms. The highest BCUT2D eigenvalue weighted by Crippen LogP contribution is 2.40. The predicted octanol–water partition coefficient (Wildman–Crippen LogP) is 4.86. The molecule has 0 aromatic rings. The molecule has 1 aliphatic heterocycles. The van der Waals surface area contributed by atoms with Crippen molar-refractivity contribution in [1.82, 2.24) is 4.90 Å². The number of rotatable bonds is 2. The van der Waals surface area contributed by atoms with E-state index in [1.165, 1.54) is 90.0 Å². The molecule has 1 aliphatic carbocycles. The summed E-state index contributed by atoms with van der Waals surface area (Å²) in [5.41, 5.74) is 7.03. The molecule has 1 saturated heterocycles. The normalized spacial score (nSPS) is 28.7. The molecular weight excluding hydrogens is 256 g/mol. The van der Waals surface area contributed by atoms with Crippen LogP contribution in [-0.2, 0) is 0 Å². The Bertz CT molecular complexity index is 286. The van der Waals surface area contributed by atoms with Crippen LogP contribution >= 0.6 is 0 Å². The summed E-state index contributed by atoms with van der Waals surface area (Å²) in [6, 6.07) is 0. The summed E-state index contributed by atoms with van der Waals surface area (Å²) in [6.07, 6.45) is 18.2. The molecule has 1 saturated carbocycles. The molecule has 2 N–H and O–H groups in total. The van der Waals surface area contributed by atoms with E-state index < -0.39 is 0 Å². The van der Waals surface area contributed by atoms with Crippen LogP contribution in [0.25, 0.3) is 0 Å². The Balaban J connectivity index is 2.07. The molecular formula is C19H38N2. The molecule has 0 bridgehead atoms. The van der Waals surface area contributed by atoms with Gasteiger partial charge in [0.2, 0.25) is 0 Å². The van der Waals surface area contributed by atoms with E-state index in [1.54, 1.807) is 0 Å². The van der Waals surface area contributed by atoms with Crippen LogP contribution in [0.5, 0.6) is 0 Å². The smallest absolute Gasteiger partial charge is 0.0337 e. The minimum atomic E-state index is 0.291. The summed E-state index contributed by atoms with van der Waals surface area (Å²) >= 11 is 0. The van der Waals surface area contributed by atoms with E-state index in [9.17, 15) is 0 Å². The van der Waals surface area contributed by atoms with E-state index in [0.29, 0.717) is 11.1 Å². The molecule has 0 aromatic carbocycles. The van der Waals surface area contributed by atoms with Crippen molar-refractivity contribution in [3.8, 4) is 0 Å². The molecule has 0 unspecified atom stereocenters. The SMILES string of the molecule is CC1(C)CCCN1C1(CN)CCCCCCCCCCC1. The topological polar surface area (TPSA) is 29.3 Å². The van der Waals surface area contributed by atoms with Crippen molar-refractivity contribution in [3.05, 3.63) is 0 Å². The Labute approximate surface area is 132 Å². The van der Waals surface area contributed by atoms with E-state index in [2.05, 4.69) is 18.7 Å². The maximum Gasteiger partial charge on any atom is 0.0337 e. The molecule has 0 radical (unpaired) electrons. The van der Waals surface area contributed by atoms with Gasteiger partial charge in [0.05, 0.1) is 0 Å². The second-order valence-corrected chi connectivity index (χ2v) is 8.18. The zero-order chi connectivity index (χ0) is 15.2. The third kappa shape index (κ3) is 4.45. The van der Waals surface area contributed by atoms with Gasteiger partial charge in [0.25, 0.3) is 0 Å². The lowest BCUT2D eigenvalue weighted by molar-refractivity contribution is 0.0178. The molecule has 2 rings (SSSR count). The zero-order valence-electron chi connectivity index (χ0n) is 14.6. The van der Waals surface area contributed by atoms with Gasteiger partial charge in [-0.3, -0.25) is 4.90 Å². The van der Waals surface area contributed by atoms with E-state index >= 15 is 0 Å². The Morgan fingerprint density at radius 2 is 1.19 bits per heavy atom. The number of nitrogens with two attached hydrogens (primary N) is 1. The Kier molecular flexibility index (Phi) is 6.55. The van der Waals surface area contributed by atoms with Gasteiger partial charge in [0.1, 0.15) is 0 Å². The van der Waals surface area contributed by atoms with Crippen LogP contribution in [0.4, 0.5) is 0 Å². The molecule has 21 heavy (non-hydrogen) atoms. The maximum absolute atomic E-state index is 6.38. The highest BCUT2D eigenvalue weighted by atomic mass is 15.3. The fraction of sp³-hybridized carbons (Fsp3) is 1.00. The largest absolute Gasteiger partial charge is 0.329 e. The molecule has 0 aromatic heterocycles. The third-order valence-electron chi connectivity index (χ3n) is 6.14. The first-order chi connectivity index (χ1) is 10.1. The highest BCUT2D eigenvalue weighted by Gasteiger charge is 2.44. The minimum absolute atomic E-state index is 0.291. The second-order valence-electron chi connectivity index (χ2n) is 8.18. The molecule has 1 heterocycles. The lowest BCUT2D eigenvalue weighted by Gasteiger charge is -2.49. The van der Waals surface area contributed by atoms with E-state index in [-0.39, 0.29) is 0 Å². The second kappa shape index (κ2) is 7.97. The monoisotopic (exact) mass is 294 g/mol. The Hall–Kier alpha value is -0.0800. The zero-order valence-corrected chi connectivity index (χ0v) is 14.6. The molecule has 2 fully saturated rings. The van der Waals surface area contributed by atoms with Crippen LogP contribution in [0, 0.1) is 0 Å². The van der Waals surface area contributed by atoms with Crippen molar-refractivity contribution in [2.24, 2.45) is 5.73 Å². The summed E-state index contributed by atoms with van der Waals surface area (Å²) in [5.74, 6) is 0. The van der Waals surface area contributed by atoms with Gasteiger partial charge in [0.15, 0.2) is 0 Å². The molecule has 124 valence electrons. The molecule has 2 nitrogen and oxygen atoms in total. The Morgan fingerprint density at radius 1 is 0.714 bits per heavy atom. The average molecular weight is 295 g/mol. The quantitative estimate of drug-likeness (QED) is 0.788. The predicted molar refractivity (Wildman–Crippen MR) is 92.6 cm³/mol. The number of hydrogen-bond acceptors (Lipinski definition) is 2. The van der Waals surface area contributed by atoms with Crippen molar-refractivity contribution in [1.29, 1.82) is 0 Å². The van der Waals surface area contributed by atoms with Crippen molar-refractivity contribution in [2.45, 2.75) is 108 Å². The number of hydrogen-bond donors (Lipinski definition) is 1. The summed E-state index contributed by atoms with van der Waals surface area (Å²) in [7, 11) is 0. The molecule has 2 aliphatic rings. The summed E-state index contributed by atoms with van der Waals surface area (Å²) in [6.45, 7) is 7.00. The molecule has 2 heteroatoms. The van der Waals surface area contributed by atoms with Crippen LogP contribution in [0.15, 0.2) is 0 Å². The van der Waals surface area contributed by atoms with Crippen molar-refractivity contribution < 1.29 is 0 Å². The lowest BCUT2D eigenvalue weighted by atomic mass is 9.81. The van der Waals surface area contributed by atoms with Crippen LogP contribution in [0.1, 0.15) is 97.3 Å². The molecule has 0 atom stereocenters. The number of likely N-dealkylation sites (tertiary alicyclic amines) is 1. The van der Waals surface area contributed by atoms with Gasteiger partial charge in [0, 0.05) is 17.6 Å². The maximum atomic E-state index is 6.38. The van der Waals surface area contributed by atoms with Crippen LogP contribution in [-0.4, -0.2) is 29.1 Å². The highest BCUT2D eigenvalue weighted by molar-refractivity contribution is 5.01. The van der Waals surface area contributed by atoms with Crippen molar-refractivity contribution in [3.63, 3.8) is 0 Å². The first-order valence-electron chi connectivity index (χ1n) is 9.59. The summed E-state index contributed by atoms with van der Waals surface area (Å²) in [4.78, 5) is 2.81. The fourth-order valence-corrected chi connectivity index (χ4v) is 4.84. The first kappa shape index (κ1) is 17.3. The first-order valence-corrected chi connectivity index (χ1v) is 9.59. The lowest BCUT2D eigenvalue weighted by Crippen LogP contribution is -2.59. The standard InChI is InChI=1S/C19H38N2/c1-18(2)13-12-16-21(18)19(17-20)14-10-8-6-4-3-5-7-9-11-15-19/h3-17,20H2,1-2H3. The fourth-order valence-electron chi connectivity index (χ4n) is 4.84. The average Bonchev–Trinajstić information content (AvgIpc) is 2.80. The minimum Gasteiger partial charge on any atom is -0.329 e. The van der Waals surface area contributed by atoms with Crippen molar-refractivity contribution in [2.75, 3.05) is 13.1 Å². The molecule has 0 amide bonds. The Morgan fingerprint density at radius 3 is 1.57 bits per heavy atom. The van der Waals surface area contributed by atoms with Crippen LogP contribution < -0.4 is 5.73 Å². The van der Waals surface area contributed by atoms with Gasteiger partial charge in [-0.1, -0.05) is 57.8 Å². The van der Waals surface area contributed by atoms with Gasteiger partial charge in [-0.05, 0) is 46.1 Å². The van der Waals surface area contributed by atoms with E-state index in [1.807, 2.05) is 0 Å². The van der Waals surface area contributed by atoms with Gasteiger partial charge in [-0.25, -0.2) is 0 Å². The van der Waals surface area contributed by atoms with Crippen LogP contribution in [0.2, 0.25) is 0 Å². The van der Waals surface area contributed by atoms with Gasteiger partial charge >= 0.3 is 0 Å². The van der Waals surface area contributed by atoms with Gasteiger partial charge in [-0.15, -0.1) is 0 Å². The van der Waals surface area contributed by atoms with Crippen LogP contribution in [0.3, 0.4) is 0 Å². The van der Waals surface area contributed by atoms with Gasteiger partial charge < -0.3 is 5.73 Å². The summed E-state index contributed by atoms with van der Waals surface area (Å²) < 4.78 is 0. The van der Waals surface area contributed by atoms with E-state index in [4.69, 9.17) is 5.73 Å². The van der Waals surface area contributed by atoms with E-state index in [0.717, 1.165) is 6.54 Å². The third-order valence-corrected chi connectivity index (χ3v) is 6.14.